The summed E-state index contributed by atoms with van der Waals surface area (Å²) in [4.78, 5) is 19.0. The van der Waals surface area contributed by atoms with Gasteiger partial charge >= 0.3 is 6.09 Å². The van der Waals surface area contributed by atoms with Crippen molar-refractivity contribution in [1.82, 2.24) is 9.88 Å². The number of amides is 1. The summed E-state index contributed by atoms with van der Waals surface area (Å²) in [5, 5.41) is 0. The van der Waals surface area contributed by atoms with Crippen LogP contribution in [0, 0.1) is 5.95 Å². The molecular formula is C28H25FN2O2. The Morgan fingerprint density at radius 3 is 2.39 bits per heavy atom. The molecule has 0 saturated carbocycles. The lowest BCUT2D eigenvalue weighted by molar-refractivity contribution is 0.0539. The van der Waals surface area contributed by atoms with E-state index in [0.717, 1.165) is 36.8 Å². The lowest BCUT2D eigenvalue weighted by Gasteiger charge is -2.44. The molecule has 1 fully saturated rings. The monoisotopic (exact) mass is 440 g/mol. The Hall–Kier alpha value is -3.47. The van der Waals surface area contributed by atoms with Gasteiger partial charge in [0.2, 0.25) is 5.95 Å². The summed E-state index contributed by atoms with van der Waals surface area (Å²) in [6, 6.07) is 20.0. The predicted molar refractivity (Wildman–Crippen MR) is 125 cm³/mol. The van der Waals surface area contributed by atoms with Crippen LogP contribution in [-0.2, 0) is 4.74 Å². The lowest BCUT2D eigenvalue weighted by atomic mass is 9.83. The zero-order valence-electron chi connectivity index (χ0n) is 18.3. The highest BCUT2D eigenvalue weighted by Gasteiger charge is 2.39. The van der Waals surface area contributed by atoms with Crippen LogP contribution in [0.1, 0.15) is 48.3 Å². The number of hydrogen-bond donors (Lipinski definition) is 0. The number of halogens is 1. The van der Waals surface area contributed by atoms with Crippen LogP contribution in [0.15, 0.2) is 72.9 Å². The van der Waals surface area contributed by atoms with E-state index in [4.69, 9.17) is 4.74 Å². The number of carbonyl (C=O) groups is 1. The number of carbonyl (C=O) groups excluding carboxylic acids is 1. The Kier molecular flexibility index (Phi) is 4.97. The highest BCUT2D eigenvalue weighted by molar-refractivity contribution is 5.79. The molecule has 0 spiro atoms. The van der Waals surface area contributed by atoms with Crippen LogP contribution in [0.5, 0.6) is 0 Å². The molecule has 2 bridgehead atoms. The summed E-state index contributed by atoms with van der Waals surface area (Å²) in [5.41, 5.74) is 6.96. The van der Waals surface area contributed by atoms with Crippen molar-refractivity contribution in [3.05, 3.63) is 95.6 Å². The Balaban J connectivity index is 1.22. The predicted octanol–water partition coefficient (Wildman–Crippen LogP) is 6.18. The molecule has 0 N–H and O–H groups in total. The molecule has 166 valence electrons. The number of pyridine rings is 1. The molecule has 0 radical (unpaired) electrons. The molecule has 2 aromatic carbocycles. The fourth-order valence-electron chi connectivity index (χ4n) is 5.76. The van der Waals surface area contributed by atoms with Gasteiger partial charge < -0.3 is 4.74 Å². The van der Waals surface area contributed by atoms with Gasteiger partial charge in [-0.05, 0) is 71.2 Å². The molecule has 1 aromatic heterocycles. The first kappa shape index (κ1) is 20.2. The van der Waals surface area contributed by atoms with Crippen LogP contribution in [0.4, 0.5) is 9.18 Å². The Morgan fingerprint density at radius 2 is 1.73 bits per heavy atom. The van der Waals surface area contributed by atoms with Gasteiger partial charge in [-0.15, -0.1) is 0 Å². The zero-order chi connectivity index (χ0) is 22.4. The Bertz CT molecular complexity index is 1190. The first-order valence-electron chi connectivity index (χ1n) is 11.6. The van der Waals surface area contributed by atoms with Gasteiger partial charge in [-0.2, -0.15) is 4.39 Å². The van der Waals surface area contributed by atoms with Gasteiger partial charge in [0.1, 0.15) is 6.61 Å². The molecule has 1 saturated heterocycles. The van der Waals surface area contributed by atoms with E-state index in [2.05, 4.69) is 47.5 Å². The molecule has 33 heavy (non-hydrogen) atoms. The number of aromatic nitrogens is 1. The van der Waals surface area contributed by atoms with Gasteiger partial charge in [-0.25, -0.2) is 9.78 Å². The second-order valence-electron chi connectivity index (χ2n) is 9.13. The van der Waals surface area contributed by atoms with Gasteiger partial charge in [0, 0.05) is 18.2 Å². The van der Waals surface area contributed by atoms with Crippen LogP contribution in [-0.4, -0.2) is 34.7 Å². The van der Waals surface area contributed by atoms with E-state index in [-0.39, 0.29) is 24.1 Å². The summed E-state index contributed by atoms with van der Waals surface area (Å²) in [5.74, 6) is -0.419. The van der Waals surface area contributed by atoms with Gasteiger partial charge in [0.15, 0.2) is 0 Å². The average Bonchev–Trinajstić information content (AvgIpc) is 3.16. The van der Waals surface area contributed by atoms with Crippen LogP contribution in [0.3, 0.4) is 0 Å². The molecule has 3 heterocycles. The van der Waals surface area contributed by atoms with E-state index in [9.17, 15) is 9.18 Å². The minimum atomic E-state index is -0.476. The maximum atomic E-state index is 13.3. The van der Waals surface area contributed by atoms with Crippen molar-refractivity contribution >= 4 is 11.7 Å². The van der Waals surface area contributed by atoms with E-state index in [1.165, 1.54) is 28.3 Å². The van der Waals surface area contributed by atoms with Crippen LogP contribution in [0.25, 0.3) is 16.7 Å². The molecule has 4 nitrogen and oxygen atoms in total. The van der Waals surface area contributed by atoms with Crippen molar-refractivity contribution in [1.29, 1.82) is 0 Å². The third kappa shape index (κ3) is 3.52. The zero-order valence-corrected chi connectivity index (χ0v) is 18.3. The van der Waals surface area contributed by atoms with Crippen molar-refractivity contribution in [2.24, 2.45) is 0 Å². The summed E-state index contributed by atoms with van der Waals surface area (Å²) in [6.45, 7) is 0.335. The van der Waals surface area contributed by atoms with Crippen LogP contribution < -0.4 is 0 Å². The maximum Gasteiger partial charge on any atom is 0.410 e. The Morgan fingerprint density at radius 1 is 1.00 bits per heavy atom. The summed E-state index contributed by atoms with van der Waals surface area (Å²) in [6.07, 6.45) is 7.19. The first-order chi connectivity index (χ1) is 16.2. The third-order valence-corrected chi connectivity index (χ3v) is 7.28. The second kappa shape index (κ2) is 8.14. The summed E-state index contributed by atoms with van der Waals surface area (Å²) >= 11 is 0. The van der Waals surface area contributed by atoms with Crippen molar-refractivity contribution in [2.75, 3.05) is 6.61 Å². The van der Waals surface area contributed by atoms with Gasteiger partial charge in [-0.1, -0.05) is 54.6 Å². The van der Waals surface area contributed by atoms with Crippen molar-refractivity contribution in [2.45, 2.75) is 43.7 Å². The molecule has 6 rings (SSSR count). The topological polar surface area (TPSA) is 42.4 Å². The largest absolute Gasteiger partial charge is 0.448 e. The standard InChI is InChI=1S/C28H25FN2O2/c29-27-13-12-18(16-30-27)19-14-20-6-5-7-21(15-19)31(20)28(32)33-17-26-24-10-3-1-8-22(24)23-9-2-4-11-25(23)26/h1-4,8-14,16,20-21,26H,5-7,15,17H2. The number of benzene rings is 2. The normalized spacial score (nSPS) is 21.2. The van der Waals surface area contributed by atoms with Gasteiger partial charge in [0.25, 0.3) is 0 Å². The fourth-order valence-corrected chi connectivity index (χ4v) is 5.76. The Labute approximate surface area is 192 Å². The molecule has 1 amide bonds. The van der Waals surface area contributed by atoms with Gasteiger partial charge in [0.05, 0.1) is 6.04 Å². The van der Waals surface area contributed by atoms with E-state index in [1.54, 1.807) is 12.3 Å². The van der Waals surface area contributed by atoms with Crippen molar-refractivity contribution < 1.29 is 13.9 Å². The van der Waals surface area contributed by atoms with Gasteiger partial charge in [-0.3, -0.25) is 4.90 Å². The minimum absolute atomic E-state index is 0.00760. The number of nitrogens with zero attached hydrogens (tertiary/aromatic N) is 2. The molecule has 3 aromatic rings. The summed E-state index contributed by atoms with van der Waals surface area (Å²) in [7, 11) is 0. The molecule has 1 aliphatic carbocycles. The number of ether oxygens (including phenoxy) is 1. The smallest absolute Gasteiger partial charge is 0.410 e. The van der Waals surface area contributed by atoms with E-state index in [0.29, 0.717) is 6.61 Å². The highest BCUT2D eigenvalue weighted by atomic mass is 19.1. The minimum Gasteiger partial charge on any atom is -0.448 e. The highest BCUT2D eigenvalue weighted by Crippen LogP contribution is 2.45. The molecule has 2 unspecified atom stereocenters. The van der Waals surface area contributed by atoms with E-state index < -0.39 is 5.95 Å². The van der Waals surface area contributed by atoms with Crippen molar-refractivity contribution in [3.63, 3.8) is 0 Å². The lowest BCUT2D eigenvalue weighted by Crippen LogP contribution is -2.51. The molecule has 2 atom stereocenters. The molecule has 3 aliphatic rings. The first-order valence-corrected chi connectivity index (χ1v) is 11.6. The molecule has 2 aliphatic heterocycles. The SMILES string of the molecule is O=C(OCC1c2ccccc2-c2ccccc21)N1C2C=C(c3ccc(F)nc3)CC1CCC2. The third-order valence-electron chi connectivity index (χ3n) is 7.28. The fraction of sp³-hybridized carbons (Fsp3) is 0.286. The molecule has 5 heteroatoms. The number of hydrogen-bond acceptors (Lipinski definition) is 3. The van der Waals surface area contributed by atoms with Crippen LogP contribution >= 0.6 is 0 Å². The van der Waals surface area contributed by atoms with Crippen molar-refractivity contribution in [3.8, 4) is 11.1 Å². The number of piperidine rings is 1. The van der Waals surface area contributed by atoms with E-state index >= 15 is 0 Å². The summed E-state index contributed by atoms with van der Waals surface area (Å²) < 4.78 is 19.2. The quantitative estimate of drug-likeness (QED) is 0.457. The number of fused-ring (bicyclic) bond motifs is 5. The van der Waals surface area contributed by atoms with E-state index in [1.807, 2.05) is 17.0 Å². The average molecular weight is 441 g/mol. The second-order valence-corrected chi connectivity index (χ2v) is 9.13. The molecular weight excluding hydrogens is 415 g/mol. The van der Waals surface area contributed by atoms with Crippen LogP contribution in [0.2, 0.25) is 0 Å². The maximum absolute atomic E-state index is 13.3. The number of rotatable bonds is 3.